The number of aromatic nitrogens is 2. The van der Waals surface area contributed by atoms with Crippen LogP contribution in [0.25, 0.3) is 0 Å². The van der Waals surface area contributed by atoms with Gasteiger partial charge in [0.05, 0.1) is 6.10 Å². The molecular formula is C11H18BrN3O. The zero-order valence-corrected chi connectivity index (χ0v) is 11.3. The molecule has 0 unspecified atom stereocenters. The van der Waals surface area contributed by atoms with Gasteiger partial charge in [0.2, 0.25) is 0 Å². The third-order valence-electron chi connectivity index (χ3n) is 1.96. The highest BCUT2D eigenvalue weighted by Crippen LogP contribution is 2.09. The van der Waals surface area contributed by atoms with E-state index in [2.05, 4.69) is 45.1 Å². The number of rotatable bonds is 7. The first kappa shape index (κ1) is 13.4. The van der Waals surface area contributed by atoms with Gasteiger partial charge in [0, 0.05) is 19.2 Å². The number of nitrogens with one attached hydrogen (secondary N) is 1. The smallest absolute Gasteiger partial charge is 0.130 e. The van der Waals surface area contributed by atoms with Gasteiger partial charge in [-0.25, -0.2) is 9.97 Å². The average Bonchev–Trinajstić information content (AvgIpc) is 2.23. The lowest BCUT2D eigenvalue weighted by Crippen LogP contribution is -2.07. The summed E-state index contributed by atoms with van der Waals surface area (Å²) in [6.45, 7) is 5.84. The molecule has 90 valence electrons. The zero-order chi connectivity index (χ0) is 11.8. The third-order valence-corrected chi connectivity index (χ3v) is 2.40. The van der Waals surface area contributed by atoms with E-state index in [-0.39, 0.29) is 0 Å². The van der Waals surface area contributed by atoms with Gasteiger partial charge in [0.15, 0.2) is 0 Å². The highest BCUT2D eigenvalue weighted by molar-refractivity contribution is 9.10. The van der Waals surface area contributed by atoms with Crippen molar-refractivity contribution in [2.24, 2.45) is 0 Å². The summed E-state index contributed by atoms with van der Waals surface area (Å²) >= 11 is 3.30. The molecule has 0 bridgehead atoms. The summed E-state index contributed by atoms with van der Waals surface area (Å²) in [5.41, 5.74) is 0. The van der Waals surface area contributed by atoms with Gasteiger partial charge in [-0.2, -0.15) is 0 Å². The lowest BCUT2D eigenvalue weighted by molar-refractivity contribution is 0.0765. The molecule has 1 aromatic rings. The molecule has 0 aliphatic rings. The predicted molar refractivity (Wildman–Crippen MR) is 68.5 cm³/mol. The minimum absolute atomic E-state index is 0.325. The number of ether oxygens (including phenoxy) is 1. The standard InChI is InChI=1S/C11H18BrN3O/c1-9(2)16-6-4-3-5-13-11-7-10(12)14-8-15-11/h7-9H,3-6H2,1-2H3,(H,13,14,15). The summed E-state index contributed by atoms with van der Waals surface area (Å²) < 4.78 is 6.25. The molecule has 0 radical (unpaired) electrons. The molecule has 0 aliphatic heterocycles. The quantitative estimate of drug-likeness (QED) is 0.619. The maximum Gasteiger partial charge on any atom is 0.130 e. The van der Waals surface area contributed by atoms with E-state index in [1.54, 1.807) is 0 Å². The molecular weight excluding hydrogens is 270 g/mol. The number of hydrogen-bond acceptors (Lipinski definition) is 4. The van der Waals surface area contributed by atoms with Crippen molar-refractivity contribution < 1.29 is 4.74 Å². The Morgan fingerprint density at radius 3 is 2.88 bits per heavy atom. The van der Waals surface area contributed by atoms with Crippen LogP contribution in [0.3, 0.4) is 0 Å². The molecule has 1 heterocycles. The monoisotopic (exact) mass is 287 g/mol. The molecule has 0 aliphatic carbocycles. The van der Waals surface area contributed by atoms with Crippen molar-refractivity contribution in [3.8, 4) is 0 Å². The van der Waals surface area contributed by atoms with E-state index in [4.69, 9.17) is 4.74 Å². The summed E-state index contributed by atoms with van der Waals surface area (Å²) in [4.78, 5) is 8.06. The number of unbranched alkanes of at least 4 members (excludes halogenated alkanes) is 1. The summed E-state index contributed by atoms with van der Waals surface area (Å²) in [5, 5.41) is 3.24. The minimum atomic E-state index is 0.325. The Balaban J connectivity index is 2.07. The minimum Gasteiger partial charge on any atom is -0.379 e. The van der Waals surface area contributed by atoms with E-state index in [9.17, 15) is 0 Å². The molecule has 0 atom stereocenters. The lowest BCUT2D eigenvalue weighted by Gasteiger charge is -2.08. The van der Waals surface area contributed by atoms with Gasteiger partial charge in [-0.3, -0.25) is 0 Å². The van der Waals surface area contributed by atoms with Crippen LogP contribution in [-0.2, 0) is 4.74 Å². The van der Waals surface area contributed by atoms with Crippen LogP contribution < -0.4 is 5.32 Å². The lowest BCUT2D eigenvalue weighted by atomic mass is 10.3. The van der Waals surface area contributed by atoms with E-state index in [0.717, 1.165) is 36.4 Å². The van der Waals surface area contributed by atoms with Crippen LogP contribution in [-0.4, -0.2) is 29.2 Å². The Kier molecular flexibility index (Phi) is 6.33. The molecule has 0 fully saturated rings. The second-order valence-corrected chi connectivity index (χ2v) is 4.59. The Morgan fingerprint density at radius 1 is 1.38 bits per heavy atom. The van der Waals surface area contributed by atoms with Gasteiger partial charge in [-0.05, 0) is 42.6 Å². The van der Waals surface area contributed by atoms with Crippen LogP contribution in [0.4, 0.5) is 5.82 Å². The van der Waals surface area contributed by atoms with Crippen LogP contribution in [0.5, 0.6) is 0 Å². The molecule has 1 aromatic heterocycles. The largest absolute Gasteiger partial charge is 0.379 e. The molecule has 16 heavy (non-hydrogen) atoms. The maximum atomic E-state index is 5.45. The first-order valence-electron chi connectivity index (χ1n) is 5.51. The molecule has 0 spiro atoms. The molecule has 0 aromatic carbocycles. The molecule has 5 heteroatoms. The van der Waals surface area contributed by atoms with Gasteiger partial charge in [0.1, 0.15) is 16.7 Å². The van der Waals surface area contributed by atoms with Crippen LogP contribution in [0, 0.1) is 0 Å². The predicted octanol–water partition coefficient (Wildman–Crippen LogP) is 2.86. The Labute approximate surface area is 105 Å². The first-order chi connectivity index (χ1) is 7.68. The zero-order valence-electron chi connectivity index (χ0n) is 9.74. The topological polar surface area (TPSA) is 47.0 Å². The van der Waals surface area contributed by atoms with Crippen LogP contribution >= 0.6 is 15.9 Å². The van der Waals surface area contributed by atoms with E-state index >= 15 is 0 Å². The first-order valence-corrected chi connectivity index (χ1v) is 6.31. The van der Waals surface area contributed by atoms with Crippen molar-refractivity contribution in [1.29, 1.82) is 0 Å². The Morgan fingerprint density at radius 2 is 2.19 bits per heavy atom. The van der Waals surface area contributed by atoms with E-state index in [0.29, 0.717) is 6.10 Å². The number of hydrogen-bond donors (Lipinski definition) is 1. The second-order valence-electron chi connectivity index (χ2n) is 3.78. The molecule has 4 nitrogen and oxygen atoms in total. The SMILES string of the molecule is CC(C)OCCCCNc1cc(Br)ncn1. The molecule has 1 N–H and O–H groups in total. The van der Waals surface area contributed by atoms with Gasteiger partial charge < -0.3 is 10.1 Å². The van der Waals surface area contributed by atoms with Crippen molar-refractivity contribution in [3.63, 3.8) is 0 Å². The van der Waals surface area contributed by atoms with Gasteiger partial charge in [-0.15, -0.1) is 0 Å². The van der Waals surface area contributed by atoms with Crippen molar-refractivity contribution in [1.82, 2.24) is 9.97 Å². The summed E-state index contributed by atoms with van der Waals surface area (Å²) in [7, 11) is 0. The van der Waals surface area contributed by atoms with Crippen molar-refractivity contribution in [3.05, 3.63) is 17.0 Å². The van der Waals surface area contributed by atoms with E-state index < -0.39 is 0 Å². The maximum absolute atomic E-state index is 5.45. The summed E-state index contributed by atoms with van der Waals surface area (Å²) in [6.07, 6.45) is 4.01. The summed E-state index contributed by atoms with van der Waals surface area (Å²) in [6, 6.07) is 1.87. The fourth-order valence-corrected chi connectivity index (χ4v) is 1.50. The highest BCUT2D eigenvalue weighted by Gasteiger charge is 1.96. The van der Waals surface area contributed by atoms with Gasteiger partial charge in [-0.1, -0.05) is 0 Å². The van der Waals surface area contributed by atoms with E-state index in [1.807, 2.05) is 6.07 Å². The molecule has 0 saturated heterocycles. The molecule has 0 amide bonds. The van der Waals surface area contributed by atoms with Crippen molar-refractivity contribution in [2.75, 3.05) is 18.5 Å². The van der Waals surface area contributed by atoms with Gasteiger partial charge in [0.25, 0.3) is 0 Å². The molecule has 1 rings (SSSR count). The van der Waals surface area contributed by atoms with Crippen LogP contribution in [0.1, 0.15) is 26.7 Å². The fraction of sp³-hybridized carbons (Fsp3) is 0.636. The summed E-state index contributed by atoms with van der Waals surface area (Å²) in [5.74, 6) is 0.853. The average molecular weight is 288 g/mol. The van der Waals surface area contributed by atoms with E-state index in [1.165, 1.54) is 6.33 Å². The van der Waals surface area contributed by atoms with Crippen molar-refractivity contribution in [2.45, 2.75) is 32.8 Å². The molecule has 0 saturated carbocycles. The number of nitrogens with zero attached hydrogens (tertiary/aromatic N) is 2. The third kappa shape index (κ3) is 6.02. The van der Waals surface area contributed by atoms with Crippen LogP contribution in [0.15, 0.2) is 17.0 Å². The normalized spacial score (nSPS) is 10.8. The number of anilines is 1. The second kappa shape index (κ2) is 7.57. The fourth-order valence-electron chi connectivity index (χ4n) is 1.19. The Hall–Kier alpha value is -0.680. The van der Waals surface area contributed by atoms with Crippen LogP contribution in [0.2, 0.25) is 0 Å². The Bertz CT molecular complexity index is 307. The van der Waals surface area contributed by atoms with Gasteiger partial charge >= 0.3 is 0 Å². The van der Waals surface area contributed by atoms with Crippen molar-refractivity contribution >= 4 is 21.7 Å². The number of halogens is 1. The highest BCUT2D eigenvalue weighted by atomic mass is 79.9.